The molecule has 0 amide bonds. The fourth-order valence-corrected chi connectivity index (χ4v) is 2.76. The molecule has 0 aromatic carbocycles. The molecule has 3 rings (SSSR count). The van der Waals surface area contributed by atoms with Crippen molar-refractivity contribution in [2.45, 2.75) is 38.5 Å². The van der Waals surface area contributed by atoms with Crippen LogP contribution in [-0.4, -0.2) is 11.8 Å². The fraction of sp³-hybridized carbons (Fsp3) is 0.500. The van der Waals surface area contributed by atoms with Gasteiger partial charge in [0.1, 0.15) is 6.79 Å². The van der Waals surface area contributed by atoms with Crippen molar-refractivity contribution in [1.82, 2.24) is 4.98 Å². The molecule has 3 N–H and O–H groups in total. The van der Waals surface area contributed by atoms with Gasteiger partial charge in [-0.05, 0) is 49.7 Å². The van der Waals surface area contributed by atoms with E-state index in [1.165, 1.54) is 41.0 Å². The largest absolute Gasteiger partial charge is 0.323 e. The average molecular weight is 219 g/mol. The van der Waals surface area contributed by atoms with E-state index in [1.807, 2.05) is 6.79 Å². The number of rotatable bonds is 1. The molecule has 4 nitrogen and oxygen atoms in total. The summed E-state index contributed by atoms with van der Waals surface area (Å²) in [6.45, 7) is 2.00. The highest BCUT2D eigenvalue weighted by molar-refractivity contribution is 5.62. The Labute approximate surface area is 95.2 Å². The molecule has 2 aliphatic rings. The normalized spacial score (nSPS) is 16.1. The summed E-state index contributed by atoms with van der Waals surface area (Å²) in [5.41, 5.74) is 9.43. The third-order valence-corrected chi connectivity index (χ3v) is 3.40. The molecule has 4 heteroatoms. The smallest absolute Gasteiger partial charge is 0.106 e. The molecule has 16 heavy (non-hydrogen) atoms. The first-order valence-electron chi connectivity index (χ1n) is 5.69. The lowest BCUT2D eigenvalue weighted by Crippen LogP contribution is -2.13. The Morgan fingerprint density at radius 1 is 1.00 bits per heavy atom. The Kier molecular flexibility index (Phi) is 3.19. The Balaban J connectivity index is 0.000000457. The number of hydrazine groups is 1. The van der Waals surface area contributed by atoms with Gasteiger partial charge < -0.3 is 10.2 Å². The van der Waals surface area contributed by atoms with Gasteiger partial charge in [-0.15, -0.1) is 0 Å². The minimum atomic E-state index is 1.14. The fourth-order valence-electron chi connectivity index (χ4n) is 2.76. The van der Waals surface area contributed by atoms with Crippen molar-refractivity contribution in [1.29, 1.82) is 0 Å². The Morgan fingerprint density at radius 3 is 1.94 bits per heavy atom. The quantitative estimate of drug-likeness (QED) is 0.549. The summed E-state index contributed by atoms with van der Waals surface area (Å²) >= 11 is 0. The summed E-state index contributed by atoms with van der Waals surface area (Å²) in [6.07, 6.45) is 7.04. The van der Waals surface area contributed by atoms with Crippen LogP contribution in [0.4, 0.5) is 5.69 Å². The molecule has 2 aliphatic carbocycles. The second-order valence-electron chi connectivity index (χ2n) is 4.19. The van der Waals surface area contributed by atoms with Crippen molar-refractivity contribution in [3.05, 3.63) is 22.5 Å². The van der Waals surface area contributed by atoms with Gasteiger partial charge >= 0.3 is 0 Å². The zero-order chi connectivity index (χ0) is 11.5. The molecule has 1 heterocycles. The lowest BCUT2D eigenvalue weighted by atomic mass is 10.1. The maximum absolute atomic E-state index is 8.00. The highest BCUT2D eigenvalue weighted by Crippen LogP contribution is 2.35. The molecule has 0 bridgehead atoms. The number of anilines is 1. The summed E-state index contributed by atoms with van der Waals surface area (Å²) in [5.74, 6) is 5.62. The van der Waals surface area contributed by atoms with Crippen molar-refractivity contribution in [2.75, 3.05) is 5.43 Å². The van der Waals surface area contributed by atoms with Crippen LogP contribution in [0.15, 0.2) is 0 Å². The van der Waals surface area contributed by atoms with Crippen LogP contribution in [-0.2, 0) is 30.5 Å². The van der Waals surface area contributed by atoms with E-state index in [4.69, 9.17) is 15.6 Å². The molecule has 0 atom stereocenters. The van der Waals surface area contributed by atoms with Gasteiger partial charge in [-0.25, -0.2) is 0 Å². The Morgan fingerprint density at radius 2 is 1.50 bits per heavy atom. The van der Waals surface area contributed by atoms with Crippen molar-refractivity contribution in [3.8, 4) is 0 Å². The van der Waals surface area contributed by atoms with Gasteiger partial charge in [-0.2, -0.15) is 0 Å². The van der Waals surface area contributed by atoms with Gasteiger partial charge in [0.25, 0.3) is 0 Å². The first kappa shape index (κ1) is 11.1. The topological polar surface area (TPSA) is 68.0 Å². The molecule has 0 saturated carbocycles. The standard InChI is InChI=1S/C11H15N3.CH2O/c12-14-11-7-3-1-5-9(7)13-10-6-2-4-8(10)11;1-2/h1-6,12H2,(H,13,14);1H2. The molecule has 1 aromatic heterocycles. The van der Waals surface area contributed by atoms with Crippen molar-refractivity contribution in [2.24, 2.45) is 5.84 Å². The molecule has 0 aliphatic heterocycles. The van der Waals surface area contributed by atoms with Crippen LogP contribution in [0.3, 0.4) is 0 Å². The summed E-state index contributed by atoms with van der Waals surface area (Å²) < 4.78 is 0. The van der Waals surface area contributed by atoms with Crippen LogP contribution in [0, 0.1) is 0 Å². The number of pyridine rings is 1. The molecule has 1 aromatic rings. The highest BCUT2D eigenvalue weighted by atomic mass is 16.1. The van der Waals surface area contributed by atoms with Gasteiger partial charge in [0, 0.05) is 11.4 Å². The SMILES string of the molecule is C=O.NNc1c2c(nc3c1CCC3)CCC2. The van der Waals surface area contributed by atoms with E-state index in [-0.39, 0.29) is 0 Å². The molecule has 86 valence electrons. The van der Waals surface area contributed by atoms with Gasteiger partial charge in [-0.3, -0.25) is 10.8 Å². The number of nitrogens with one attached hydrogen (secondary N) is 1. The number of fused-ring (bicyclic) bond motifs is 2. The van der Waals surface area contributed by atoms with Crippen LogP contribution in [0.2, 0.25) is 0 Å². The van der Waals surface area contributed by atoms with Gasteiger partial charge in [-0.1, -0.05) is 0 Å². The van der Waals surface area contributed by atoms with Crippen LogP contribution < -0.4 is 11.3 Å². The van der Waals surface area contributed by atoms with E-state index in [2.05, 4.69) is 5.43 Å². The number of nitrogens with zero attached hydrogens (tertiary/aromatic N) is 1. The third kappa shape index (κ3) is 1.59. The molecule has 0 saturated heterocycles. The van der Waals surface area contributed by atoms with Crippen molar-refractivity contribution < 1.29 is 4.79 Å². The molecular formula is C12H17N3O. The van der Waals surface area contributed by atoms with Gasteiger partial charge in [0.2, 0.25) is 0 Å². The monoisotopic (exact) mass is 219 g/mol. The molecule has 0 spiro atoms. The number of nitrogens with two attached hydrogens (primary N) is 1. The summed E-state index contributed by atoms with van der Waals surface area (Å²) in [7, 11) is 0. The lowest BCUT2D eigenvalue weighted by molar-refractivity contribution is -0.0979. The minimum Gasteiger partial charge on any atom is -0.323 e. The van der Waals surface area contributed by atoms with Crippen LogP contribution >= 0.6 is 0 Å². The predicted molar refractivity (Wildman–Crippen MR) is 63.2 cm³/mol. The second-order valence-corrected chi connectivity index (χ2v) is 4.19. The molecule has 0 fully saturated rings. The number of aromatic nitrogens is 1. The maximum atomic E-state index is 8.00. The zero-order valence-corrected chi connectivity index (χ0v) is 9.38. The van der Waals surface area contributed by atoms with Gasteiger partial charge in [0.15, 0.2) is 0 Å². The third-order valence-electron chi connectivity index (χ3n) is 3.40. The van der Waals surface area contributed by atoms with E-state index in [9.17, 15) is 0 Å². The maximum Gasteiger partial charge on any atom is 0.106 e. The van der Waals surface area contributed by atoms with Crippen LogP contribution in [0.25, 0.3) is 0 Å². The van der Waals surface area contributed by atoms with Crippen molar-refractivity contribution >= 4 is 12.5 Å². The molecular weight excluding hydrogens is 202 g/mol. The Hall–Kier alpha value is -1.42. The number of carbonyl (C=O) groups is 1. The number of carbonyl (C=O) groups excluding carboxylic acids is 1. The highest BCUT2D eigenvalue weighted by Gasteiger charge is 2.24. The summed E-state index contributed by atoms with van der Waals surface area (Å²) in [5, 5.41) is 0. The summed E-state index contributed by atoms with van der Waals surface area (Å²) in [6, 6.07) is 0. The van der Waals surface area contributed by atoms with E-state index in [0.29, 0.717) is 0 Å². The van der Waals surface area contributed by atoms with Crippen LogP contribution in [0.5, 0.6) is 0 Å². The number of aryl methyl sites for hydroxylation is 2. The Bertz CT molecular complexity index is 371. The van der Waals surface area contributed by atoms with E-state index in [1.54, 1.807) is 0 Å². The molecule has 0 radical (unpaired) electrons. The van der Waals surface area contributed by atoms with E-state index < -0.39 is 0 Å². The first-order valence-corrected chi connectivity index (χ1v) is 5.69. The average Bonchev–Trinajstić information content (AvgIpc) is 2.95. The molecule has 0 unspecified atom stereocenters. The number of hydrogen-bond donors (Lipinski definition) is 2. The number of hydrogen-bond acceptors (Lipinski definition) is 4. The second kappa shape index (κ2) is 4.61. The zero-order valence-electron chi connectivity index (χ0n) is 9.38. The van der Waals surface area contributed by atoms with E-state index in [0.717, 1.165) is 25.7 Å². The summed E-state index contributed by atoms with van der Waals surface area (Å²) in [4.78, 5) is 12.7. The van der Waals surface area contributed by atoms with Crippen LogP contribution in [0.1, 0.15) is 35.4 Å². The van der Waals surface area contributed by atoms with Crippen molar-refractivity contribution in [3.63, 3.8) is 0 Å². The van der Waals surface area contributed by atoms with E-state index >= 15 is 0 Å². The lowest BCUT2D eigenvalue weighted by Gasteiger charge is -2.12. The predicted octanol–water partition coefficient (Wildman–Crippen LogP) is 1.16. The number of nitrogen functional groups attached to an aromatic ring is 1. The first-order chi connectivity index (χ1) is 7.90. The van der Waals surface area contributed by atoms with Gasteiger partial charge in [0.05, 0.1) is 5.69 Å². The minimum absolute atomic E-state index is 1.14.